The number of aliphatic hydroxyl groups is 1. The largest absolute Gasteiger partial charge is 2.00 e. The SMILES string of the molecule is CC(C)(C)c1ccc(-c2cc[c-]c(-c3c4ccccc4cc[n+]3-c3[c-]c(-c4nc(-c5ccc(-c6ccc(C(C)(C)C)cc6)cc5-c5nccc6ccccc56)cc5ccccc45)cc(-c4ccc(C(C)(C)C)cc4)c3)c2)cc1.CCC1=C(CC)c2cc3[n-]c(cc4nc(cc5[n-]c(cc1n2)c(CC)c5CC)C(CC)=C4CC)c(CC)c3CC.O=C(C=C(O)C(F)(F)F)c1cccs1.[Eu].[Ir].[Pt+2].c1cnc2c(c1)ccc1cccnc12. The average Bonchev–Trinajstić information content (AvgIpc) is 1.44. The van der Waals surface area contributed by atoms with Crippen LogP contribution >= 0.6 is 11.3 Å². The van der Waals surface area contributed by atoms with Crippen LogP contribution in [0.3, 0.4) is 0 Å². The number of fused-ring (bicyclic) bond motifs is 14. The van der Waals surface area contributed by atoms with E-state index >= 15 is 0 Å². The van der Waals surface area contributed by atoms with Gasteiger partial charge in [0.05, 0.1) is 50.1 Å². The summed E-state index contributed by atoms with van der Waals surface area (Å²) in [6, 6.07) is 109. The van der Waals surface area contributed by atoms with Crippen LogP contribution in [0, 0.1) is 61.5 Å². The van der Waals surface area contributed by atoms with Gasteiger partial charge >= 0.3 is 27.2 Å². The summed E-state index contributed by atoms with van der Waals surface area (Å²) in [6.45, 7) is 38.3. The number of carbonyl (C=O) groups excluding carboxylic acids is 1. The van der Waals surface area contributed by atoms with E-state index in [9.17, 15) is 18.0 Å². The molecule has 11 heterocycles. The van der Waals surface area contributed by atoms with E-state index in [2.05, 4.69) is 411 Å². The van der Waals surface area contributed by atoms with Crippen LogP contribution in [-0.4, -0.2) is 47.0 Å². The van der Waals surface area contributed by atoms with Gasteiger partial charge in [-0.1, -0.05) is 376 Å². The normalized spacial score (nSPS) is 12.3. The molecule has 18 heteroatoms. The van der Waals surface area contributed by atoms with Crippen molar-refractivity contribution in [3.8, 4) is 84.1 Å². The van der Waals surface area contributed by atoms with Crippen LogP contribution in [0.15, 0.2) is 327 Å². The van der Waals surface area contributed by atoms with E-state index in [0.29, 0.717) is 0 Å². The third-order valence-corrected chi connectivity index (χ3v) is 28.9. The third kappa shape index (κ3) is 23.8. The van der Waals surface area contributed by atoms with Crippen LogP contribution < -0.4 is 14.5 Å². The van der Waals surface area contributed by atoms with Crippen molar-refractivity contribution in [2.24, 2.45) is 0 Å². The molecule has 0 atom stereocenters. The second-order valence-electron chi connectivity index (χ2n) is 40.3. The Morgan fingerprint density at radius 3 is 1.26 bits per heavy atom. The summed E-state index contributed by atoms with van der Waals surface area (Å²) >= 11 is 1.01. The second-order valence-corrected chi connectivity index (χ2v) is 41.3. The molecule has 0 amide bonds. The van der Waals surface area contributed by atoms with Crippen LogP contribution in [0.2, 0.25) is 0 Å². The van der Waals surface area contributed by atoms with Crippen molar-refractivity contribution < 1.29 is 118 Å². The molecule has 0 saturated carbocycles. The summed E-state index contributed by atoms with van der Waals surface area (Å²) in [6.07, 6.45) is 10.6. The first-order valence-corrected chi connectivity index (χ1v) is 51.7. The van der Waals surface area contributed by atoms with Crippen LogP contribution in [-0.2, 0) is 83.1 Å². The van der Waals surface area contributed by atoms with Crippen molar-refractivity contribution in [1.82, 2.24) is 39.9 Å². The van der Waals surface area contributed by atoms with Crippen LogP contribution in [0.25, 0.3) is 183 Å². The molecule has 2 radical (unpaired) electrons. The molecule has 0 spiro atoms. The van der Waals surface area contributed by atoms with E-state index in [4.69, 9.17) is 35.0 Å². The second kappa shape index (κ2) is 47.3. The predicted octanol–water partition coefficient (Wildman–Crippen LogP) is 34.4. The fourth-order valence-corrected chi connectivity index (χ4v) is 20.9. The zero-order valence-electron chi connectivity index (χ0n) is 87.2. The van der Waals surface area contributed by atoms with E-state index in [-0.39, 0.29) is 118 Å². The quantitative estimate of drug-likeness (QED) is 0.0220. The fraction of sp³-hybridized carbons (Fsp3) is 0.221. The van der Waals surface area contributed by atoms with E-state index in [1.54, 1.807) is 17.8 Å². The minimum Gasteiger partial charge on any atom is -0.657 e. The number of hydrogen-bond donors (Lipinski definition) is 1. The molecule has 19 aromatic rings. The van der Waals surface area contributed by atoms with E-state index in [1.807, 2.05) is 18.3 Å². The van der Waals surface area contributed by atoms with E-state index in [1.165, 1.54) is 78.9 Å². The fourth-order valence-electron chi connectivity index (χ4n) is 20.3. The van der Waals surface area contributed by atoms with Crippen LogP contribution in [0.4, 0.5) is 13.2 Å². The first-order valence-electron chi connectivity index (χ1n) is 50.9. The van der Waals surface area contributed by atoms with Gasteiger partial charge in [0.2, 0.25) is 5.76 Å². The topological polar surface area (TPSA) is 147 Å². The molecule has 0 fully saturated rings. The summed E-state index contributed by atoms with van der Waals surface area (Å²) < 4.78 is 37.7. The van der Waals surface area contributed by atoms with Gasteiger partial charge in [-0.15, -0.1) is 74.9 Å². The number of thiophene rings is 1. The van der Waals surface area contributed by atoms with Crippen molar-refractivity contribution in [3.05, 3.63) is 406 Å². The summed E-state index contributed by atoms with van der Waals surface area (Å²) in [7, 11) is 0. The maximum absolute atomic E-state index is 11.8. The van der Waals surface area contributed by atoms with Crippen molar-refractivity contribution >= 4 is 116 Å². The maximum atomic E-state index is 11.8. The van der Waals surface area contributed by atoms with Gasteiger partial charge in [0.1, 0.15) is 11.4 Å². The number of aryl methyl sites for hydroxylation is 4. The number of halogens is 3. The van der Waals surface area contributed by atoms with Crippen LogP contribution in [0.5, 0.6) is 0 Å². The number of hydrogen-bond acceptors (Lipinski definition) is 9. The minimum absolute atomic E-state index is 0. The Kier molecular flexibility index (Phi) is 35.1. The van der Waals surface area contributed by atoms with Gasteiger partial charge in [-0.2, -0.15) is 13.2 Å². The number of rotatable bonds is 18. The number of alkyl halides is 3. The summed E-state index contributed by atoms with van der Waals surface area (Å²) in [4.78, 5) is 51.8. The summed E-state index contributed by atoms with van der Waals surface area (Å²) in [5.74, 6) is -2.73. The Hall–Kier alpha value is -12.5. The number of benzene rings is 10. The molecule has 0 unspecified atom stereocenters. The molecule has 756 valence electrons. The Morgan fingerprint density at radius 2 is 0.812 bits per heavy atom. The van der Waals surface area contributed by atoms with Gasteiger partial charge in [-0.3, -0.25) is 24.7 Å². The molecule has 21 rings (SSSR count). The average molecular weight is 2480 g/mol. The van der Waals surface area contributed by atoms with Crippen molar-refractivity contribution in [2.45, 2.75) is 191 Å². The molecule has 11 nitrogen and oxygen atoms in total. The van der Waals surface area contributed by atoms with Crippen molar-refractivity contribution in [2.75, 3.05) is 0 Å². The first kappa shape index (κ1) is 111. The number of aromatic nitrogens is 9. The first-order chi connectivity index (χ1) is 70.3. The number of aliphatic hydroxyl groups excluding tert-OH is 1. The zero-order chi connectivity index (χ0) is 103. The molecular formula is C131H121EuF3IrN9O2PtS-. The zero-order valence-corrected chi connectivity index (χ0v) is 95.1. The molecule has 8 bridgehead atoms. The number of carbonyl (C=O) groups is 1. The van der Waals surface area contributed by atoms with Gasteiger partial charge in [0, 0.05) is 133 Å². The van der Waals surface area contributed by atoms with Crippen LogP contribution in [0.1, 0.15) is 215 Å². The molecular weight excluding hydrogens is 2360 g/mol. The summed E-state index contributed by atoms with van der Waals surface area (Å²) in [5.41, 5.74) is 40.4. The van der Waals surface area contributed by atoms with Gasteiger partial charge in [-0.05, 0) is 198 Å². The Bertz CT molecular complexity index is 8180. The van der Waals surface area contributed by atoms with E-state index in [0.717, 1.165) is 240 Å². The summed E-state index contributed by atoms with van der Waals surface area (Å²) in [5, 5.41) is 19.0. The molecule has 2 aliphatic heterocycles. The van der Waals surface area contributed by atoms with Gasteiger partial charge < -0.3 is 15.1 Å². The third-order valence-electron chi connectivity index (χ3n) is 28.0. The molecule has 149 heavy (non-hydrogen) atoms. The minimum atomic E-state index is -4.87. The molecule has 9 aromatic heterocycles. The van der Waals surface area contributed by atoms with Crippen molar-refractivity contribution in [3.63, 3.8) is 0 Å². The maximum Gasteiger partial charge on any atom is 2.00 e. The standard InChI is InChI=1S/C75H64N3.C36H44N4.C12H8N2.C8H5F3O2S.Eu.Ir.Pt/c1-73(2,3)60-32-25-49(26-33-60)54-20-16-21-57(43-54)72-66-24-15-11-18-53(66)40-42-78(72)63-45-58(51-29-36-62(37-30-51)75(7,8)9)44-59(46-63)70-65-23-14-12-19-56(65)48-69(77-70)67-38-31-55(50-27-34-61(35-28-50)74(4,5)6)47-68(67)71-64-22-13-10-17-52(64)39-41-76-71;1-9-21-22(10-2)30-18-32-25(13-5)26(14-6)34(39-32)20-36-28(16-8)27(15-7)35(40-36)19-33-24(12-4)23(11-3)31(38-33)17-29(21)37-30;1-3-9-5-6-10-4-2-8-14-12(10)11(9)13-7-1;9-8(10,11)7(13)4-5(12)6-2-1-3-14-6;;;/h10-20,22-45,47-48H,1-9H3;17-20H,9-16H2,1-8H3;1-8H;1-4,13H;;;/q-1;-2;;;;;+2. The molecule has 0 saturated heterocycles. The molecule has 10 aromatic carbocycles. The Balaban J connectivity index is 0.000000191. The Labute approximate surface area is 945 Å². The van der Waals surface area contributed by atoms with Gasteiger partial charge in [0.15, 0.2) is 12.0 Å². The van der Waals surface area contributed by atoms with Gasteiger partial charge in [-0.25, -0.2) is 14.5 Å². The monoisotopic (exact) mass is 2480 g/mol. The Morgan fingerprint density at radius 1 is 0.389 bits per heavy atom. The predicted molar refractivity (Wildman–Crippen MR) is 602 cm³/mol. The number of pyridine rings is 5. The van der Waals surface area contributed by atoms with Crippen molar-refractivity contribution in [1.29, 1.82) is 0 Å². The molecule has 2 aliphatic rings. The number of nitrogens with zero attached hydrogens (tertiary/aromatic N) is 9. The van der Waals surface area contributed by atoms with Gasteiger partial charge in [0.25, 0.3) is 0 Å². The molecule has 1 N–H and O–H groups in total. The van der Waals surface area contributed by atoms with E-state index < -0.39 is 17.7 Å². The number of allylic oxidation sites excluding steroid dienone is 6. The number of ketones is 1. The molecule has 0 aliphatic carbocycles. The smallest absolute Gasteiger partial charge is 0.657 e.